The molecule has 0 aliphatic carbocycles. The van der Waals surface area contributed by atoms with Crippen LogP contribution in [0.5, 0.6) is 0 Å². The van der Waals surface area contributed by atoms with Crippen LogP contribution in [0.4, 0.5) is 5.69 Å². The molecule has 0 saturated carbocycles. The minimum absolute atomic E-state index is 0.0378. The molecule has 130 valence electrons. The van der Waals surface area contributed by atoms with Gasteiger partial charge in [-0.3, -0.25) is 9.59 Å². The summed E-state index contributed by atoms with van der Waals surface area (Å²) in [5, 5.41) is 5.96. The zero-order chi connectivity index (χ0) is 17.5. The van der Waals surface area contributed by atoms with Crippen molar-refractivity contribution in [2.24, 2.45) is 0 Å². The van der Waals surface area contributed by atoms with E-state index >= 15 is 0 Å². The Hall–Kier alpha value is -2.66. The van der Waals surface area contributed by atoms with Crippen LogP contribution < -0.4 is 10.6 Å². The minimum atomic E-state index is -0.123. The lowest BCUT2D eigenvalue weighted by Gasteiger charge is -2.15. The van der Waals surface area contributed by atoms with Crippen molar-refractivity contribution in [2.45, 2.75) is 19.4 Å². The molecule has 0 unspecified atom stereocenters. The Kier molecular flexibility index (Phi) is 5.80. The summed E-state index contributed by atoms with van der Waals surface area (Å²) in [5.74, 6) is -0.0856. The fourth-order valence-electron chi connectivity index (χ4n) is 2.95. The molecule has 0 bridgehead atoms. The van der Waals surface area contributed by atoms with Crippen LogP contribution in [0.1, 0.15) is 28.8 Å². The SMILES string of the molecule is O=C(CNCc1ccccc1)Nc1cccc(C(=O)N2CCCC2)c1. The molecule has 2 aromatic carbocycles. The van der Waals surface area contributed by atoms with Gasteiger partial charge in [-0.25, -0.2) is 0 Å². The van der Waals surface area contributed by atoms with Gasteiger partial charge in [-0.05, 0) is 36.6 Å². The van der Waals surface area contributed by atoms with Gasteiger partial charge in [0.1, 0.15) is 0 Å². The van der Waals surface area contributed by atoms with Crippen molar-refractivity contribution in [1.82, 2.24) is 10.2 Å². The highest BCUT2D eigenvalue weighted by Crippen LogP contribution is 2.16. The van der Waals surface area contributed by atoms with Crippen LogP contribution in [0.15, 0.2) is 54.6 Å². The van der Waals surface area contributed by atoms with Crippen LogP contribution in [-0.4, -0.2) is 36.3 Å². The fraction of sp³-hybridized carbons (Fsp3) is 0.300. The second-order valence-electron chi connectivity index (χ2n) is 6.22. The Balaban J connectivity index is 1.51. The summed E-state index contributed by atoms with van der Waals surface area (Å²) in [6, 6.07) is 17.1. The number of hydrogen-bond donors (Lipinski definition) is 2. The van der Waals surface area contributed by atoms with Gasteiger partial charge in [-0.1, -0.05) is 36.4 Å². The van der Waals surface area contributed by atoms with E-state index < -0.39 is 0 Å². The van der Waals surface area contributed by atoms with Crippen molar-refractivity contribution in [3.8, 4) is 0 Å². The van der Waals surface area contributed by atoms with Crippen molar-refractivity contribution >= 4 is 17.5 Å². The summed E-state index contributed by atoms with van der Waals surface area (Å²) < 4.78 is 0. The van der Waals surface area contributed by atoms with E-state index in [0.717, 1.165) is 31.5 Å². The highest BCUT2D eigenvalue weighted by atomic mass is 16.2. The van der Waals surface area contributed by atoms with E-state index in [1.54, 1.807) is 24.3 Å². The van der Waals surface area contributed by atoms with Crippen LogP contribution in [0.2, 0.25) is 0 Å². The molecule has 5 heteroatoms. The molecule has 2 aromatic rings. The third kappa shape index (κ3) is 4.90. The first-order chi connectivity index (χ1) is 12.2. The third-order valence-electron chi connectivity index (χ3n) is 4.24. The smallest absolute Gasteiger partial charge is 0.253 e. The molecule has 0 aromatic heterocycles. The molecule has 1 aliphatic heterocycles. The maximum Gasteiger partial charge on any atom is 0.253 e. The fourth-order valence-corrected chi connectivity index (χ4v) is 2.95. The van der Waals surface area contributed by atoms with Gasteiger partial charge in [0, 0.05) is 30.9 Å². The van der Waals surface area contributed by atoms with Crippen molar-refractivity contribution in [2.75, 3.05) is 25.0 Å². The molecule has 5 nitrogen and oxygen atoms in total. The molecular weight excluding hydrogens is 314 g/mol. The Morgan fingerprint density at radius 1 is 0.960 bits per heavy atom. The summed E-state index contributed by atoms with van der Waals surface area (Å²) in [6.45, 7) is 2.50. The van der Waals surface area contributed by atoms with Crippen molar-refractivity contribution < 1.29 is 9.59 Å². The third-order valence-corrected chi connectivity index (χ3v) is 4.24. The van der Waals surface area contributed by atoms with E-state index in [2.05, 4.69) is 10.6 Å². The summed E-state index contributed by atoms with van der Waals surface area (Å²) >= 11 is 0. The van der Waals surface area contributed by atoms with Crippen LogP contribution in [-0.2, 0) is 11.3 Å². The number of nitrogens with zero attached hydrogens (tertiary/aromatic N) is 1. The van der Waals surface area contributed by atoms with E-state index in [1.165, 1.54) is 0 Å². The molecule has 1 fully saturated rings. The molecule has 1 heterocycles. The lowest BCUT2D eigenvalue weighted by atomic mass is 10.1. The maximum absolute atomic E-state index is 12.4. The first-order valence-electron chi connectivity index (χ1n) is 8.66. The molecule has 0 atom stereocenters. The van der Waals surface area contributed by atoms with Crippen LogP contribution in [0.3, 0.4) is 0 Å². The van der Waals surface area contributed by atoms with Crippen LogP contribution in [0.25, 0.3) is 0 Å². The molecular formula is C20H23N3O2. The van der Waals surface area contributed by atoms with Crippen molar-refractivity contribution in [1.29, 1.82) is 0 Å². The van der Waals surface area contributed by atoms with E-state index in [4.69, 9.17) is 0 Å². The number of anilines is 1. The molecule has 0 spiro atoms. The summed E-state index contributed by atoms with van der Waals surface area (Å²) in [5.41, 5.74) is 2.40. The van der Waals surface area contributed by atoms with Gasteiger partial charge >= 0.3 is 0 Å². The average Bonchev–Trinajstić information content (AvgIpc) is 3.17. The van der Waals surface area contributed by atoms with Gasteiger partial charge in [0.25, 0.3) is 5.91 Å². The quantitative estimate of drug-likeness (QED) is 0.852. The Labute approximate surface area is 148 Å². The van der Waals surface area contributed by atoms with Gasteiger partial charge in [0.05, 0.1) is 6.54 Å². The second kappa shape index (κ2) is 8.44. The predicted molar refractivity (Wildman–Crippen MR) is 98.4 cm³/mol. The number of nitrogens with one attached hydrogen (secondary N) is 2. The largest absolute Gasteiger partial charge is 0.339 e. The van der Waals surface area contributed by atoms with Gasteiger partial charge in [-0.15, -0.1) is 0 Å². The predicted octanol–water partition coefficient (Wildman–Crippen LogP) is 2.65. The standard InChI is InChI=1S/C20H23N3O2/c24-19(15-21-14-16-7-2-1-3-8-16)22-18-10-6-9-17(13-18)20(25)23-11-4-5-12-23/h1-3,6-10,13,21H,4-5,11-12,14-15H2,(H,22,24). The summed E-state index contributed by atoms with van der Waals surface area (Å²) in [6.07, 6.45) is 2.13. The molecule has 25 heavy (non-hydrogen) atoms. The number of carbonyl (C=O) groups excluding carboxylic acids is 2. The lowest BCUT2D eigenvalue weighted by Crippen LogP contribution is -2.29. The molecule has 0 radical (unpaired) electrons. The summed E-state index contributed by atoms with van der Waals surface area (Å²) in [4.78, 5) is 26.3. The Morgan fingerprint density at radius 2 is 1.72 bits per heavy atom. The van der Waals surface area contributed by atoms with Gasteiger partial charge in [-0.2, -0.15) is 0 Å². The zero-order valence-corrected chi connectivity index (χ0v) is 14.2. The van der Waals surface area contributed by atoms with E-state index in [9.17, 15) is 9.59 Å². The van der Waals surface area contributed by atoms with Gasteiger partial charge in [0.15, 0.2) is 0 Å². The Bertz CT molecular complexity index is 725. The van der Waals surface area contributed by atoms with E-state index in [0.29, 0.717) is 17.8 Å². The van der Waals surface area contributed by atoms with Crippen LogP contribution >= 0.6 is 0 Å². The topological polar surface area (TPSA) is 61.4 Å². The Morgan fingerprint density at radius 3 is 2.48 bits per heavy atom. The number of carbonyl (C=O) groups is 2. The normalized spacial score (nSPS) is 13.7. The number of rotatable bonds is 6. The highest BCUT2D eigenvalue weighted by molar-refractivity contribution is 5.97. The molecule has 2 amide bonds. The molecule has 1 saturated heterocycles. The number of amides is 2. The lowest BCUT2D eigenvalue weighted by molar-refractivity contribution is -0.115. The number of hydrogen-bond acceptors (Lipinski definition) is 3. The van der Waals surface area contributed by atoms with Crippen LogP contribution in [0, 0.1) is 0 Å². The first kappa shape index (κ1) is 17.2. The second-order valence-corrected chi connectivity index (χ2v) is 6.22. The van der Waals surface area contributed by atoms with E-state index in [1.807, 2.05) is 35.2 Å². The average molecular weight is 337 g/mol. The summed E-state index contributed by atoms with van der Waals surface area (Å²) in [7, 11) is 0. The molecule has 2 N–H and O–H groups in total. The number of benzene rings is 2. The first-order valence-corrected chi connectivity index (χ1v) is 8.66. The van der Waals surface area contributed by atoms with Gasteiger partial charge in [0.2, 0.25) is 5.91 Å². The van der Waals surface area contributed by atoms with Crippen molar-refractivity contribution in [3.63, 3.8) is 0 Å². The highest BCUT2D eigenvalue weighted by Gasteiger charge is 2.19. The monoisotopic (exact) mass is 337 g/mol. The van der Waals surface area contributed by atoms with Gasteiger partial charge < -0.3 is 15.5 Å². The maximum atomic E-state index is 12.4. The van der Waals surface area contributed by atoms with E-state index in [-0.39, 0.29) is 18.4 Å². The van der Waals surface area contributed by atoms with Crippen molar-refractivity contribution in [3.05, 3.63) is 65.7 Å². The zero-order valence-electron chi connectivity index (χ0n) is 14.2. The molecule has 1 aliphatic rings. The minimum Gasteiger partial charge on any atom is -0.339 e. The number of likely N-dealkylation sites (tertiary alicyclic amines) is 1. The molecule has 3 rings (SSSR count).